The first-order chi connectivity index (χ1) is 14.0. The summed E-state index contributed by atoms with van der Waals surface area (Å²) >= 11 is 9.80. The summed E-state index contributed by atoms with van der Waals surface area (Å²) in [4.78, 5) is 0. The SMILES string of the molecule is COc1ccc(Br)cc1C1NC(c2cccc(Cl)c2)=CC(c2ccccc2O)[NH2+]1. The van der Waals surface area contributed by atoms with E-state index in [0.717, 1.165) is 32.6 Å². The van der Waals surface area contributed by atoms with Gasteiger partial charge in [0.25, 0.3) is 0 Å². The van der Waals surface area contributed by atoms with Gasteiger partial charge in [0, 0.05) is 21.3 Å². The molecule has 4 rings (SSSR count). The highest BCUT2D eigenvalue weighted by molar-refractivity contribution is 9.10. The van der Waals surface area contributed by atoms with Crippen LogP contribution in [0.4, 0.5) is 0 Å². The van der Waals surface area contributed by atoms with Gasteiger partial charge in [0.05, 0.1) is 18.2 Å². The molecule has 1 aliphatic rings. The third-order valence-corrected chi connectivity index (χ3v) is 5.74. The zero-order valence-corrected chi connectivity index (χ0v) is 18.1. The molecule has 1 aliphatic heterocycles. The maximum absolute atomic E-state index is 10.4. The fourth-order valence-corrected chi connectivity index (χ4v) is 4.20. The van der Waals surface area contributed by atoms with E-state index in [1.54, 1.807) is 13.2 Å². The number of methoxy groups -OCH3 is 1. The van der Waals surface area contributed by atoms with Crippen molar-refractivity contribution >= 4 is 33.2 Å². The van der Waals surface area contributed by atoms with Crippen molar-refractivity contribution in [2.45, 2.75) is 12.2 Å². The van der Waals surface area contributed by atoms with E-state index >= 15 is 0 Å². The van der Waals surface area contributed by atoms with Crippen LogP contribution in [0.1, 0.15) is 28.9 Å². The summed E-state index contributed by atoms with van der Waals surface area (Å²) in [7, 11) is 1.67. The first-order valence-corrected chi connectivity index (χ1v) is 10.4. The highest BCUT2D eigenvalue weighted by Crippen LogP contribution is 2.32. The number of para-hydroxylation sites is 1. The summed E-state index contributed by atoms with van der Waals surface area (Å²) < 4.78 is 6.58. The molecule has 0 aromatic heterocycles. The summed E-state index contributed by atoms with van der Waals surface area (Å²) in [6.07, 6.45) is 1.99. The average Bonchev–Trinajstić information content (AvgIpc) is 2.74. The lowest BCUT2D eigenvalue weighted by Crippen LogP contribution is -2.89. The minimum absolute atomic E-state index is 0.0832. The van der Waals surface area contributed by atoms with Crippen molar-refractivity contribution in [3.05, 3.63) is 99.0 Å². The molecule has 0 spiro atoms. The number of halogens is 2. The number of nitrogens with two attached hydrogens (primary N) is 1. The second-order valence-corrected chi connectivity index (χ2v) is 8.23. The molecule has 3 aromatic carbocycles. The van der Waals surface area contributed by atoms with Crippen molar-refractivity contribution in [2.24, 2.45) is 0 Å². The Morgan fingerprint density at radius 1 is 1.03 bits per heavy atom. The number of nitrogens with one attached hydrogen (secondary N) is 1. The normalized spacial score (nSPS) is 18.7. The molecular weight excluding hydrogens is 452 g/mol. The Morgan fingerprint density at radius 2 is 1.86 bits per heavy atom. The predicted molar refractivity (Wildman–Crippen MR) is 119 cm³/mol. The number of phenols is 1. The highest BCUT2D eigenvalue weighted by atomic mass is 79.9. The molecule has 0 saturated carbocycles. The Bertz CT molecular complexity index is 1070. The Balaban J connectivity index is 1.81. The molecule has 1 heterocycles. The highest BCUT2D eigenvalue weighted by Gasteiger charge is 2.31. The lowest BCUT2D eigenvalue weighted by atomic mass is 9.97. The van der Waals surface area contributed by atoms with E-state index in [9.17, 15) is 5.11 Å². The van der Waals surface area contributed by atoms with Crippen molar-refractivity contribution in [1.82, 2.24) is 5.32 Å². The van der Waals surface area contributed by atoms with Crippen LogP contribution in [-0.2, 0) is 0 Å². The molecule has 0 saturated heterocycles. The second-order valence-electron chi connectivity index (χ2n) is 6.88. The monoisotopic (exact) mass is 471 g/mol. The quantitative estimate of drug-likeness (QED) is 0.513. The van der Waals surface area contributed by atoms with Crippen molar-refractivity contribution in [2.75, 3.05) is 7.11 Å². The zero-order chi connectivity index (χ0) is 20.4. The van der Waals surface area contributed by atoms with Crippen LogP contribution < -0.4 is 15.4 Å². The van der Waals surface area contributed by atoms with E-state index in [0.29, 0.717) is 5.02 Å². The van der Waals surface area contributed by atoms with Gasteiger partial charge in [-0.3, -0.25) is 0 Å². The smallest absolute Gasteiger partial charge is 0.190 e. The number of rotatable bonds is 4. The van der Waals surface area contributed by atoms with E-state index in [-0.39, 0.29) is 18.0 Å². The van der Waals surface area contributed by atoms with Crippen LogP contribution in [0.15, 0.2) is 77.3 Å². The molecule has 0 bridgehead atoms. The van der Waals surface area contributed by atoms with Crippen molar-refractivity contribution < 1.29 is 15.2 Å². The number of aromatic hydroxyl groups is 1. The summed E-state index contributed by atoms with van der Waals surface area (Å²) in [5.41, 5.74) is 3.81. The molecule has 0 radical (unpaired) electrons. The van der Waals surface area contributed by atoms with Crippen LogP contribution in [-0.4, -0.2) is 12.2 Å². The van der Waals surface area contributed by atoms with Crippen molar-refractivity contribution in [3.63, 3.8) is 0 Å². The zero-order valence-electron chi connectivity index (χ0n) is 15.8. The van der Waals surface area contributed by atoms with Crippen LogP contribution in [0.25, 0.3) is 5.70 Å². The largest absolute Gasteiger partial charge is 0.507 e. The fourth-order valence-electron chi connectivity index (χ4n) is 3.63. The van der Waals surface area contributed by atoms with Gasteiger partial charge in [-0.05, 0) is 48.0 Å². The number of ether oxygens (including phenoxy) is 1. The van der Waals surface area contributed by atoms with Crippen LogP contribution in [0, 0.1) is 0 Å². The second kappa shape index (κ2) is 8.49. The van der Waals surface area contributed by atoms with Gasteiger partial charge in [0.15, 0.2) is 6.17 Å². The minimum Gasteiger partial charge on any atom is -0.507 e. The summed E-state index contributed by atoms with van der Waals surface area (Å²) in [5.74, 6) is 1.07. The average molecular weight is 473 g/mol. The summed E-state index contributed by atoms with van der Waals surface area (Å²) in [5, 5.41) is 16.9. The van der Waals surface area contributed by atoms with E-state index in [1.165, 1.54) is 0 Å². The molecule has 0 fully saturated rings. The molecule has 2 unspecified atom stereocenters. The lowest BCUT2D eigenvalue weighted by molar-refractivity contribution is -0.731. The molecule has 148 valence electrons. The van der Waals surface area contributed by atoms with Crippen molar-refractivity contribution in [1.29, 1.82) is 0 Å². The Hall–Kier alpha value is -2.47. The number of phenolic OH excluding ortho intramolecular Hbond substituents is 1. The van der Waals surface area contributed by atoms with Gasteiger partial charge in [0.2, 0.25) is 0 Å². The van der Waals surface area contributed by atoms with E-state index < -0.39 is 0 Å². The van der Waals surface area contributed by atoms with Gasteiger partial charge in [-0.1, -0.05) is 51.8 Å². The molecular formula is C23H21BrClN2O2+. The van der Waals surface area contributed by atoms with Crippen molar-refractivity contribution in [3.8, 4) is 11.5 Å². The third kappa shape index (κ3) is 4.27. The first-order valence-electron chi connectivity index (χ1n) is 9.26. The number of hydrogen-bond acceptors (Lipinski definition) is 3. The van der Waals surface area contributed by atoms with E-state index in [2.05, 4.69) is 38.7 Å². The molecule has 4 nitrogen and oxygen atoms in total. The molecule has 0 aliphatic carbocycles. The standard InChI is InChI=1S/C23H20BrClN2O2/c1-29-22-10-9-15(24)12-18(22)23-26-19(14-5-4-6-16(25)11-14)13-20(27-23)17-7-2-3-8-21(17)28/h2-13,20,23,26-28H,1H3/p+1. The number of hydrogen-bond donors (Lipinski definition) is 3. The maximum atomic E-state index is 10.4. The number of benzene rings is 3. The predicted octanol–water partition coefficient (Wildman–Crippen LogP) is 4.76. The lowest BCUT2D eigenvalue weighted by Gasteiger charge is -2.30. The minimum atomic E-state index is -0.119. The van der Waals surface area contributed by atoms with Crippen LogP contribution in [0.2, 0.25) is 5.02 Å². The van der Waals surface area contributed by atoms with Gasteiger partial charge in [0.1, 0.15) is 17.5 Å². The Labute approximate surface area is 183 Å². The van der Waals surface area contributed by atoms with Gasteiger partial charge >= 0.3 is 0 Å². The van der Waals surface area contributed by atoms with Crippen LogP contribution in [0.5, 0.6) is 11.5 Å². The fraction of sp³-hybridized carbons (Fsp3) is 0.130. The molecule has 3 aromatic rings. The van der Waals surface area contributed by atoms with Crippen LogP contribution in [0.3, 0.4) is 0 Å². The molecule has 6 heteroatoms. The maximum Gasteiger partial charge on any atom is 0.190 e. The van der Waals surface area contributed by atoms with Gasteiger partial charge in [-0.15, -0.1) is 0 Å². The van der Waals surface area contributed by atoms with Crippen LogP contribution >= 0.6 is 27.5 Å². The molecule has 29 heavy (non-hydrogen) atoms. The topological polar surface area (TPSA) is 58.1 Å². The van der Waals surface area contributed by atoms with Gasteiger partial charge in [-0.2, -0.15) is 0 Å². The van der Waals surface area contributed by atoms with Gasteiger partial charge < -0.3 is 20.5 Å². The molecule has 4 N–H and O–H groups in total. The van der Waals surface area contributed by atoms with Gasteiger partial charge in [-0.25, -0.2) is 0 Å². The molecule has 0 amide bonds. The Morgan fingerprint density at radius 3 is 2.62 bits per heavy atom. The van der Waals surface area contributed by atoms with E-state index in [1.807, 2.05) is 54.6 Å². The summed E-state index contributed by atoms with van der Waals surface area (Å²) in [6, 6.07) is 21.0. The summed E-state index contributed by atoms with van der Waals surface area (Å²) in [6.45, 7) is 0. The first kappa shape index (κ1) is 19.8. The molecule has 2 atom stereocenters. The Kier molecular flexibility index (Phi) is 5.81. The van der Waals surface area contributed by atoms with E-state index in [4.69, 9.17) is 16.3 Å². The third-order valence-electron chi connectivity index (χ3n) is 5.02. The number of quaternary nitrogens is 1.